The molecule has 1 amide bonds. The Morgan fingerprint density at radius 2 is 2.00 bits per heavy atom. The average molecular weight is 266 g/mol. The van der Waals surface area contributed by atoms with Gasteiger partial charge in [0.1, 0.15) is 0 Å². The lowest BCUT2D eigenvalue weighted by molar-refractivity contribution is 0.102. The van der Waals surface area contributed by atoms with Gasteiger partial charge in [-0.3, -0.25) is 4.79 Å². The maximum atomic E-state index is 12.1. The summed E-state index contributed by atoms with van der Waals surface area (Å²) in [5.74, 6) is -0.205. The minimum atomic E-state index is -0.205. The van der Waals surface area contributed by atoms with Crippen LogP contribution in [0.5, 0.6) is 0 Å². The zero-order valence-corrected chi connectivity index (χ0v) is 11.1. The van der Waals surface area contributed by atoms with Crippen molar-refractivity contribution in [1.82, 2.24) is 0 Å². The number of benzene rings is 2. The highest BCUT2D eigenvalue weighted by Crippen LogP contribution is 2.12. The molecule has 4 nitrogen and oxygen atoms in total. The Kier molecular flexibility index (Phi) is 4.48. The first-order chi connectivity index (χ1) is 9.72. The summed E-state index contributed by atoms with van der Waals surface area (Å²) in [4.78, 5) is 12.1. The van der Waals surface area contributed by atoms with Crippen LogP contribution in [0.2, 0.25) is 0 Å². The molecule has 0 aromatic heterocycles. The molecule has 0 aliphatic carbocycles. The average Bonchev–Trinajstić information content (AvgIpc) is 2.48. The molecule has 2 aromatic rings. The summed E-state index contributed by atoms with van der Waals surface area (Å²) in [7, 11) is 1.63. The Bertz CT molecular complexity index is 642. The molecule has 0 aliphatic rings. The van der Waals surface area contributed by atoms with Gasteiger partial charge < -0.3 is 10.1 Å². The number of amides is 1. The van der Waals surface area contributed by atoms with Gasteiger partial charge in [-0.2, -0.15) is 5.26 Å². The number of hydrogen-bond donors (Lipinski definition) is 1. The van der Waals surface area contributed by atoms with E-state index >= 15 is 0 Å². The number of rotatable bonds is 4. The lowest BCUT2D eigenvalue weighted by Gasteiger charge is -2.06. The van der Waals surface area contributed by atoms with E-state index in [1.165, 1.54) is 0 Å². The summed E-state index contributed by atoms with van der Waals surface area (Å²) in [5.41, 5.74) is 2.69. The van der Waals surface area contributed by atoms with E-state index < -0.39 is 0 Å². The normalized spacial score (nSPS) is 9.80. The van der Waals surface area contributed by atoms with Crippen molar-refractivity contribution < 1.29 is 9.53 Å². The molecule has 2 aromatic carbocycles. The van der Waals surface area contributed by atoms with E-state index in [2.05, 4.69) is 5.32 Å². The van der Waals surface area contributed by atoms with Crippen LogP contribution in [0.3, 0.4) is 0 Å². The maximum Gasteiger partial charge on any atom is 0.255 e. The first kappa shape index (κ1) is 13.8. The minimum Gasteiger partial charge on any atom is -0.380 e. The highest BCUT2D eigenvalue weighted by atomic mass is 16.5. The fourth-order valence-corrected chi connectivity index (χ4v) is 1.79. The fourth-order valence-electron chi connectivity index (χ4n) is 1.79. The monoisotopic (exact) mass is 266 g/mol. The number of carbonyl (C=O) groups excluding carboxylic acids is 1. The molecule has 0 bridgehead atoms. The molecule has 0 fully saturated rings. The van der Waals surface area contributed by atoms with Crippen molar-refractivity contribution >= 4 is 11.6 Å². The molecule has 0 saturated heterocycles. The summed E-state index contributed by atoms with van der Waals surface area (Å²) in [6.45, 7) is 0.520. The number of nitrogens with one attached hydrogen (secondary N) is 1. The number of methoxy groups -OCH3 is 1. The molecule has 0 heterocycles. The predicted octanol–water partition coefficient (Wildman–Crippen LogP) is 2.96. The molecule has 1 N–H and O–H groups in total. The van der Waals surface area contributed by atoms with Gasteiger partial charge in [-0.25, -0.2) is 0 Å². The standard InChI is InChI=1S/C16H14N2O2/c1-20-11-12-5-7-14(8-6-12)16(19)18-15-4-2-3-13(9-15)10-17/h2-9H,11H2,1H3,(H,18,19). The highest BCUT2D eigenvalue weighted by Gasteiger charge is 2.06. The van der Waals surface area contributed by atoms with E-state index in [1.54, 1.807) is 43.5 Å². The van der Waals surface area contributed by atoms with Gasteiger partial charge in [0.15, 0.2) is 0 Å². The minimum absolute atomic E-state index is 0.205. The topological polar surface area (TPSA) is 62.1 Å². The van der Waals surface area contributed by atoms with Crippen LogP contribution in [0, 0.1) is 11.3 Å². The van der Waals surface area contributed by atoms with E-state index in [-0.39, 0.29) is 5.91 Å². The lowest BCUT2D eigenvalue weighted by atomic mass is 10.1. The quantitative estimate of drug-likeness (QED) is 0.925. The summed E-state index contributed by atoms with van der Waals surface area (Å²) in [6, 6.07) is 16.0. The van der Waals surface area contributed by atoms with Gasteiger partial charge in [-0.15, -0.1) is 0 Å². The van der Waals surface area contributed by atoms with Crippen LogP contribution in [-0.2, 0) is 11.3 Å². The predicted molar refractivity (Wildman–Crippen MR) is 76.3 cm³/mol. The van der Waals surface area contributed by atoms with Crippen LogP contribution in [0.25, 0.3) is 0 Å². The molecule has 0 atom stereocenters. The largest absolute Gasteiger partial charge is 0.380 e. The number of ether oxygens (including phenoxy) is 1. The molecule has 2 rings (SSSR count). The second kappa shape index (κ2) is 6.50. The second-order valence-electron chi connectivity index (χ2n) is 4.28. The molecular formula is C16H14N2O2. The summed E-state index contributed by atoms with van der Waals surface area (Å²) >= 11 is 0. The second-order valence-corrected chi connectivity index (χ2v) is 4.28. The SMILES string of the molecule is COCc1ccc(C(=O)Nc2cccc(C#N)c2)cc1. The third kappa shape index (κ3) is 3.44. The molecule has 0 unspecified atom stereocenters. The van der Waals surface area contributed by atoms with Crippen LogP contribution >= 0.6 is 0 Å². The van der Waals surface area contributed by atoms with E-state index in [0.29, 0.717) is 23.4 Å². The zero-order valence-electron chi connectivity index (χ0n) is 11.1. The number of nitrogens with zero attached hydrogens (tertiary/aromatic N) is 1. The van der Waals surface area contributed by atoms with Gasteiger partial charge in [-0.1, -0.05) is 18.2 Å². The van der Waals surface area contributed by atoms with Gasteiger partial charge in [0, 0.05) is 18.4 Å². The number of hydrogen-bond acceptors (Lipinski definition) is 3. The molecule has 20 heavy (non-hydrogen) atoms. The van der Waals surface area contributed by atoms with Crippen molar-refractivity contribution in [3.05, 3.63) is 65.2 Å². The molecule has 100 valence electrons. The Hall–Kier alpha value is -2.64. The molecular weight excluding hydrogens is 252 g/mol. The van der Waals surface area contributed by atoms with Crippen LogP contribution < -0.4 is 5.32 Å². The highest BCUT2D eigenvalue weighted by molar-refractivity contribution is 6.04. The zero-order chi connectivity index (χ0) is 14.4. The van der Waals surface area contributed by atoms with Gasteiger partial charge in [0.25, 0.3) is 5.91 Å². The molecule has 0 saturated carbocycles. The third-order valence-corrected chi connectivity index (χ3v) is 2.78. The summed E-state index contributed by atoms with van der Waals surface area (Å²) in [6.07, 6.45) is 0. The number of carbonyl (C=O) groups is 1. The Morgan fingerprint density at radius 3 is 2.65 bits per heavy atom. The molecule has 0 spiro atoms. The molecule has 0 aliphatic heterocycles. The Labute approximate surface area is 117 Å². The van der Waals surface area contributed by atoms with Crippen molar-refractivity contribution in [2.24, 2.45) is 0 Å². The Balaban J connectivity index is 2.09. The lowest BCUT2D eigenvalue weighted by Crippen LogP contribution is -2.11. The van der Waals surface area contributed by atoms with Crippen molar-refractivity contribution in [2.45, 2.75) is 6.61 Å². The number of nitriles is 1. The maximum absolute atomic E-state index is 12.1. The van der Waals surface area contributed by atoms with E-state index in [9.17, 15) is 4.79 Å². The van der Waals surface area contributed by atoms with Gasteiger partial charge in [0.05, 0.1) is 18.2 Å². The van der Waals surface area contributed by atoms with Crippen molar-refractivity contribution in [2.75, 3.05) is 12.4 Å². The van der Waals surface area contributed by atoms with Crippen LogP contribution in [0.4, 0.5) is 5.69 Å². The van der Waals surface area contributed by atoms with E-state index in [4.69, 9.17) is 10.00 Å². The third-order valence-electron chi connectivity index (χ3n) is 2.78. The first-order valence-electron chi connectivity index (χ1n) is 6.12. The fraction of sp³-hybridized carbons (Fsp3) is 0.125. The van der Waals surface area contributed by atoms with Gasteiger partial charge in [-0.05, 0) is 35.9 Å². The van der Waals surface area contributed by atoms with Crippen molar-refractivity contribution in [1.29, 1.82) is 5.26 Å². The number of anilines is 1. The smallest absolute Gasteiger partial charge is 0.255 e. The van der Waals surface area contributed by atoms with Crippen LogP contribution in [0.1, 0.15) is 21.5 Å². The van der Waals surface area contributed by atoms with E-state index in [0.717, 1.165) is 5.56 Å². The summed E-state index contributed by atoms with van der Waals surface area (Å²) in [5, 5.41) is 11.6. The Morgan fingerprint density at radius 1 is 1.25 bits per heavy atom. The van der Waals surface area contributed by atoms with Gasteiger partial charge >= 0.3 is 0 Å². The molecule has 4 heteroatoms. The van der Waals surface area contributed by atoms with Crippen LogP contribution in [-0.4, -0.2) is 13.0 Å². The van der Waals surface area contributed by atoms with Crippen LogP contribution in [0.15, 0.2) is 48.5 Å². The van der Waals surface area contributed by atoms with Gasteiger partial charge in [0.2, 0.25) is 0 Å². The van der Waals surface area contributed by atoms with Crippen molar-refractivity contribution in [3.63, 3.8) is 0 Å². The van der Waals surface area contributed by atoms with E-state index in [1.807, 2.05) is 18.2 Å². The van der Waals surface area contributed by atoms with Crippen molar-refractivity contribution in [3.8, 4) is 6.07 Å². The molecule has 0 radical (unpaired) electrons. The first-order valence-corrected chi connectivity index (χ1v) is 6.12. The summed E-state index contributed by atoms with van der Waals surface area (Å²) < 4.78 is 5.02.